The summed E-state index contributed by atoms with van der Waals surface area (Å²) in [6.07, 6.45) is 0. The number of anilines is 2. The fourth-order valence-electron chi connectivity index (χ4n) is 2.08. The highest BCUT2D eigenvalue weighted by Crippen LogP contribution is 2.21. The Labute approximate surface area is 118 Å². The maximum Gasteiger partial charge on any atom is 0.221 e. The van der Waals surface area contributed by atoms with Gasteiger partial charge in [0.25, 0.3) is 0 Å². The summed E-state index contributed by atoms with van der Waals surface area (Å²) in [7, 11) is 0. The third-order valence-corrected chi connectivity index (χ3v) is 3.30. The highest BCUT2D eigenvalue weighted by Gasteiger charge is 2.07. The number of rotatable bonds is 4. The molecule has 0 spiro atoms. The van der Waals surface area contributed by atoms with Gasteiger partial charge < -0.3 is 10.6 Å². The number of nitrogens with one attached hydrogen (secondary N) is 3. The van der Waals surface area contributed by atoms with Crippen LogP contribution in [0, 0.1) is 20.8 Å². The molecule has 0 saturated carbocycles. The maximum absolute atomic E-state index is 11.2. The molecule has 0 fully saturated rings. The van der Waals surface area contributed by atoms with Crippen LogP contribution in [0.2, 0.25) is 0 Å². The molecule has 0 aliphatic rings. The molecule has 0 radical (unpaired) electrons. The van der Waals surface area contributed by atoms with Gasteiger partial charge in [0.05, 0.1) is 5.69 Å². The molecule has 0 aliphatic carbocycles. The van der Waals surface area contributed by atoms with E-state index in [4.69, 9.17) is 0 Å². The van der Waals surface area contributed by atoms with Crippen LogP contribution in [0.3, 0.4) is 0 Å². The summed E-state index contributed by atoms with van der Waals surface area (Å²) in [5.74, 6) is -0.0632. The second-order valence-corrected chi connectivity index (χ2v) is 4.98. The van der Waals surface area contributed by atoms with Crippen LogP contribution in [-0.4, -0.2) is 16.1 Å². The van der Waals surface area contributed by atoms with Gasteiger partial charge in [0, 0.05) is 36.1 Å². The van der Waals surface area contributed by atoms with Crippen molar-refractivity contribution < 1.29 is 4.79 Å². The van der Waals surface area contributed by atoms with Gasteiger partial charge in [0.2, 0.25) is 5.91 Å². The highest BCUT2D eigenvalue weighted by atomic mass is 16.1. The minimum Gasteiger partial charge on any atom is -0.381 e. The van der Waals surface area contributed by atoms with Gasteiger partial charge in [-0.25, -0.2) is 0 Å². The first-order valence-corrected chi connectivity index (χ1v) is 6.60. The third-order valence-electron chi connectivity index (χ3n) is 3.30. The number of benzene rings is 1. The van der Waals surface area contributed by atoms with Crippen LogP contribution in [0.25, 0.3) is 0 Å². The predicted molar refractivity (Wildman–Crippen MR) is 80.9 cm³/mol. The zero-order valence-corrected chi connectivity index (χ0v) is 12.3. The first kappa shape index (κ1) is 14.1. The fourth-order valence-corrected chi connectivity index (χ4v) is 2.08. The lowest BCUT2D eigenvalue weighted by molar-refractivity contribution is -0.114. The van der Waals surface area contributed by atoms with Crippen molar-refractivity contribution in [2.45, 2.75) is 34.2 Å². The lowest BCUT2D eigenvalue weighted by atomic mass is 10.1. The summed E-state index contributed by atoms with van der Waals surface area (Å²) in [5.41, 5.74) is 6.10. The zero-order chi connectivity index (χ0) is 14.7. The molecular formula is C15H20N4O. The molecule has 2 rings (SSSR count). The molecule has 0 unspecified atom stereocenters. The SMILES string of the molecule is CC(=O)Nc1cc(NCc2c(C)n[nH]c2C)ccc1C. The molecule has 1 aromatic carbocycles. The van der Waals surface area contributed by atoms with E-state index in [9.17, 15) is 4.79 Å². The van der Waals surface area contributed by atoms with Crippen molar-refractivity contribution in [2.24, 2.45) is 0 Å². The van der Waals surface area contributed by atoms with E-state index in [1.54, 1.807) is 0 Å². The van der Waals surface area contributed by atoms with Gasteiger partial charge in [-0.2, -0.15) is 5.10 Å². The Bertz CT molecular complexity index is 611. The van der Waals surface area contributed by atoms with Gasteiger partial charge in [-0.1, -0.05) is 6.07 Å². The van der Waals surface area contributed by atoms with Crippen molar-refractivity contribution in [1.82, 2.24) is 10.2 Å². The minimum absolute atomic E-state index is 0.0632. The molecule has 1 amide bonds. The van der Waals surface area contributed by atoms with Crippen molar-refractivity contribution in [3.05, 3.63) is 40.7 Å². The van der Waals surface area contributed by atoms with E-state index in [2.05, 4.69) is 20.8 Å². The molecule has 5 heteroatoms. The lowest BCUT2D eigenvalue weighted by Crippen LogP contribution is -2.08. The highest BCUT2D eigenvalue weighted by molar-refractivity contribution is 5.90. The molecule has 1 heterocycles. The molecular weight excluding hydrogens is 252 g/mol. The van der Waals surface area contributed by atoms with Crippen molar-refractivity contribution in [3.63, 3.8) is 0 Å². The second kappa shape index (κ2) is 5.77. The van der Waals surface area contributed by atoms with Gasteiger partial charge in [-0.05, 0) is 38.5 Å². The summed E-state index contributed by atoms with van der Waals surface area (Å²) in [6, 6.07) is 5.94. The molecule has 0 bridgehead atoms. The number of H-pyrrole nitrogens is 1. The molecule has 106 valence electrons. The van der Waals surface area contributed by atoms with E-state index in [1.807, 2.05) is 39.0 Å². The van der Waals surface area contributed by atoms with Gasteiger partial charge in [0.1, 0.15) is 0 Å². The molecule has 0 aliphatic heterocycles. The predicted octanol–water partition coefficient (Wildman–Crippen LogP) is 2.91. The van der Waals surface area contributed by atoms with Gasteiger partial charge >= 0.3 is 0 Å². The molecule has 5 nitrogen and oxygen atoms in total. The normalized spacial score (nSPS) is 10.4. The van der Waals surface area contributed by atoms with Crippen LogP contribution in [0.4, 0.5) is 11.4 Å². The average molecular weight is 272 g/mol. The number of aromatic amines is 1. The van der Waals surface area contributed by atoms with Gasteiger partial charge in [0.15, 0.2) is 0 Å². The molecule has 0 saturated heterocycles. The van der Waals surface area contributed by atoms with Gasteiger partial charge in [-0.15, -0.1) is 0 Å². The summed E-state index contributed by atoms with van der Waals surface area (Å²) in [5, 5.41) is 13.3. The maximum atomic E-state index is 11.2. The Balaban J connectivity index is 2.12. The first-order valence-electron chi connectivity index (χ1n) is 6.60. The standard InChI is InChI=1S/C15H20N4O/c1-9-5-6-13(7-15(9)17-12(4)20)16-8-14-10(2)18-19-11(14)3/h5-7,16H,8H2,1-4H3,(H,17,20)(H,18,19). The molecule has 2 aromatic rings. The van der Waals surface area contributed by atoms with Crippen LogP contribution in [-0.2, 0) is 11.3 Å². The number of aromatic nitrogens is 2. The van der Waals surface area contributed by atoms with E-state index in [0.717, 1.165) is 28.3 Å². The van der Waals surface area contributed by atoms with Crippen LogP contribution in [0.1, 0.15) is 29.4 Å². The van der Waals surface area contributed by atoms with Crippen LogP contribution in [0.5, 0.6) is 0 Å². The zero-order valence-electron chi connectivity index (χ0n) is 12.3. The molecule has 20 heavy (non-hydrogen) atoms. The van der Waals surface area contributed by atoms with Crippen LogP contribution >= 0.6 is 0 Å². The van der Waals surface area contributed by atoms with Crippen molar-refractivity contribution in [2.75, 3.05) is 10.6 Å². The lowest BCUT2D eigenvalue weighted by Gasteiger charge is -2.11. The Morgan fingerprint density at radius 2 is 2.05 bits per heavy atom. The van der Waals surface area contributed by atoms with Crippen molar-refractivity contribution >= 4 is 17.3 Å². The van der Waals surface area contributed by atoms with E-state index >= 15 is 0 Å². The molecule has 1 aromatic heterocycles. The molecule has 0 atom stereocenters. The third kappa shape index (κ3) is 3.17. The van der Waals surface area contributed by atoms with Crippen LogP contribution in [0.15, 0.2) is 18.2 Å². The average Bonchev–Trinajstić information content (AvgIpc) is 2.70. The Morgan fingerprint density at radius 3 is 2.65 bits per heavy atom. The van der Waals surface area contributed by atoms with Gasteiger partial charge in [-0.3, -0.25) is 9.89 Å². The first-order chi connectivity index (χ1) is 9.47. The Kier molecular flexibility index (Phi) is 4.08. The smallest absolute Gasteiger partial charge is 0.221 e. The van der Waals surface area contributed by atoms with E-state index in [1.165, 1.54) is 12.5 Å². The summed E-state index contributed by atoms with van der Waals surface area (Å²) >= 11 is 0. The summed E-state index contributed by atoms with van der Waals surface area (Å²) in [6.45, 7) is 8.18. The second-order valence-electron chi connectivity index (χ2n) is 4.98. The number of carbonyl (C=O) groups excluding carboxylic acids is 1. The van der Waals surface area contributed by atoms with Crippen molar-refractivity contribution in [1.29, 1.82) is 0 Å². The number of carbonyl (C=O) groups is 1. The van der Waals surface area contributed by atoms with Crippen molar-refractivity contribution in [3.8, 4) is 0 Å². The number of hydrogen-bond donors (Lipinski definition) is 3. The number of amides is 1. The summed E-state index contributed by atoms with van der Waals surface area (Å²) in [4.78, 5) is 11.2. The largest absolute Gasteiger partial charge is 0.381 e. The number of aryl methyl sites for hydroxylation is 3. The fraction of sp³-hybridized carbons (Fsp3) is 0.333. The Morgan fingerprint density at radius 1 is 1.30 bits per heavy atom. The minimum atomic E-state index is -0.0632. The Hall–Kier alpha value is -2.30. The molecule has 3 N–H and O–H groups in total. The van der Waals surface area contributed by atoms with E-state index in [-0.39, 0.29) is 5.91 Å². The number of nitrogens with zero attached hydrogens (tertiary/aromatic N) is 1. The topological polar surface area (TPSA) is 69.8 Å². The number of hydrogen-bond acceptors (Lipinski definition) is 3. The monoisotopic (exact) mass is 272 g/mol. The quantitative estimate of drug-likeness (QED) is 0.801. The summed E-state index contributed by atoms with van der Waals surface area (Å²) < 4.78 is 0. The van der Waals surface area contributed by atoms with E-state index < -0.39 is 0 Å². The van der Waals surface area contributed by atoms with Crippen LogP contribution < -0.4 is 10.6 Å². The van der Waals surface area contributed by atoms with E-state index in [0.29, 0.717) is 6.54 Å².